The van der Waals surface area contributed by atoms with Crippen molar-refractivity contribution in [2.24, 2.45) is 0 Å². The number of carboxylic acids is 1. The van der Waals surface area contributed by atoms with Crippen molar-refractivity contribution in [3.63, 3.8) is 0 Å². The molecule has 21 heavy (non-hydrogen) atoms. The highest BCUT2D eigenvalue weighted by atomic mass is 35.5. The van der Waals surface area contributed by atoms with Crippen LogP contribution in [0.3, 0.4) is 0 Å². The van der Waals surface area contributed by atoms with Crippen molar-refractivity contribution < 1.29 is 27.9 Å². The zero-order valence-electron chi connectivity index (χ0n) is 11.0. The summed E-state index contributed by atoms with van der Waals surface area (Å²) >= 11 is 5.72. The number of hydrogen-bond acceptors (Lipinski definition) is 2. The summed E-state index contributed by atoms with van der Waals surface area (Å²) in [6.07, 6.45) is -4.58. The normalized spacial score (nSPS) is 12.7. The van der Waals surface area contributed by atoms with Crippen LogP contribution in [-0.2, 0) is 15.8 Å². The van der Waals surface area contributed by atoms with Gasteiger partial charge in [0.2, 0.25) is 0 Å². The molecule has 0 radical (unpaired) electrons. The van der Waals surface area contributed by atoms with Gasteiger partial charge in [-0.25, -0.2) is 4.79 Å². The molecule has 0 aliphatic rings. The van der Waals surface area contributed by atoms with E-state index in [2.05, 4.69) is 5.32 Å². The Kier molecular flexibility index (Phi) is 5.01. The fourth-order valence-corrected chi connectivity index (χ4v) is 1.51. The summed E-state index contributed by atoms with van der Waals surface area (Å²) in [5.74, 6) is -2.13. The summed E-state index contributed by atoms with van der Waals surface area (Å²) in [6.45, 7) is 2.46. The third-order valence-electron chi connectivity index (χ3n) is 2.77. The minimum atomic E-state index is -4.58. The second-order valence-electron chi connectivity index (χ2n) is 4.20. The molecule has 1 rings (SSSR count). The molecule has 0 bridgehead atoms. The molecule has 4 nitrogen and oxygen atoms in total. The molecule has 2 N–H and O–H groups in total. The van der Waals surface area contributed by atoms with Crippen molar-refractivity contribution in [3.8, 4) is 0 Å². The van der Waals surface area contributed by atoms with Crippen LogP contribution in [0.1, 0.15) is 19.4 Å². The van der Waals surface area contributed by atoms with E-state index >= 15 is 0 Å². The van der Waals surface area contributed by atoms with Gasteiger partial charge < -0.3 is 10.4 Å². The average Bonchev–Trinajstić information content (AvgIpc) is 2.37. The summed E-state index contributed by atoms with van der Waals surface area (Å²) in [7, 11) is 0. The number of rotatable bonds is 3. The van der Waals surface area contributed by atoms with Gasteiger partial charge in [0, 0.05) is 11.1 Å². The largest absolute Gasteiger partial charge is 0.478 e. The Labute approximate surface area is 123 Å². The molecule has 0 atom stereocenters. The zero-order chi connectivity index (χ0) is 16.4. The number of alkyl halides is 3. The van der Waals surface area contributed by atoms with Crippen molar-refractivity contribution in [2.75, 3.05) is 5.32 Å². The maximum absolute atomic E-state index is 12.6. The van der Waals surface area contributed by atoms with Gasteiger partial charge in [-0.15, -0.1) is 0 Å². The lowest BCUT2D eigenvalue weighted by Gasteiger charge is -2.12. The van der Waals surface area contributed by atoms with Crippen LogP contribution in [0, 0.1) is 0 Å². The van der Waals surface area contributed by atoms with Crippen molar-refractivity contribution in [1.82, 2.24) is 0 Å². The summed E-state index contributed by atoms with van der Waals surface area (Å²) in [6, 6.07) is 2.47. The number of amides is 1. The summed E-state index contributed by atoms with van der Waals surface area (Å²) < 4.78 is 37.8. The van der Waals surface area contributed by atoms with Crippen LogP contribution in [0.25, 0.3) is 0 Å². The van der Waals surface area contributed by atoms with Gasteiger partial charge in [0.1, 0.15) is 0 Å². The number of carboxylic acid groups (broad SMARTS) is 1. The zero-order valence-corrected chi connectivity index (χ0v) is 11.8. The van der Waals surface area contributed by atoms with Crippen LogP contribution in [0.15, 0.2) is 29.3 Å². The lowest BCUT2D eigenvalue weighted by atomic mass is 10.1. The molecular weight excluding hydrogens is 311 g/mol. The third-order valence-corrected chi connectivity index (χ3v) is 3.10. The number of carbonyl (C=O) groups excluding carboxylic acids is 1. The van der Waals surface area contributed by atoms with Crippen LogP contribution in [0.5, 0.6) is 0 Å². The smallest absolute Gasteiger partial charge is 0.416 e. The predicted molar refractivity (Wildman–Crippen MR) is 71.1 cm³/mol. The third kappa shape index (κ3) is 4.22. The fourth-order valence-electron chi connectivity index (χ4n) is 1.34. The first-order valence-corrected chi connectivity index (χ1v) is 6.00. The van der Waals surface area contributed by atoms with Gasteiger partial charge in [-0.05, 0) is 32.0 Å². The number of benzene rings is 1. The lowest BCUT2D eigenvalue weighted by Crippen LogP contribution is -2.17. The Hall–Kier alpha value is -2.02. The van der Waals surface area contributed by atoms with Gasteiger partial charge in [-0.1, -0.05) is 11.6 Å². The minimum absolute atomic E-state index is 0.0860. The molecule has 0 fully saturated rings. The number of aliphatic carboxylic acids is 1. The molecular formula is C13H11ClF3NO3. The molecule has 0 aliphatic carbocycles. The number of hydrogen-bond donors (Lipinski definition) is 2. The van der Waals surface area contributed by atoms with Gasteiger partial charge in [0.15, 0.2) is 0 Å². The second-order valence-corrected chi connectivity index (χ2v) is 4.61. The Bertz CT molecular complexity index is 624. The summed E-state index contributed by atoms with van der Waals surface area (Å²) in [5.41, 5.74) is -1.56. The molecule has 0 spiro atoms. The van der Waals surface area contributed by atoms with E-state index in [1.165, 1.54) is 13.8 Å². The molecule has 0 saturated carbocycles. The molecule has 0 unspecified atom stereocenters. The Morgan fingerprint density at radius 1 is 1.19 bits per heavy atom. The molecule has 0 heterocycles. The molecule has 0 aliphatic heterocycles. The van der Waals surface area contributed by atoms with E-state index < -0.39 is 23.6 Å². The maximum atomic E-state index is 12.6. The van der Waals surface area contributed by atoms with E-state index in [9.17, 15) is 22.8 Å². The lowest BCUT2D eigenvalue weighted by molar-refractivity contribution is -0.137. The van der Waals surface area contributed by atoms with E-state index in [1.54, 1.807) is 0 Å². The number of nitrogens with one attached hydrogen (secondary N) is 1. The van der Waals surface area contributed by atoms with E-state index in [0.29, 0.717) is 6.07 Å². The molecule has 1 amide bonds. The first-order chi connectivity index (χ1) is 9.54. The first kappa shape index (κ1) is 17.0. The van der Waals surface area contributed by atoms with Crippen molar-refractivity contribution in [2.45, 2.75) is 20.0 Å². The average molecular weight is 322 g/mol. The van der Waals surface area contributed by atoms with Crippen LogP contribution in [0.4, 0.5) is 18.9 Å². The van der Waals surface area contributed by atoms with Crippen LogP contribution in [0.2, 0.25) is 5.02 Å². The van der Waals surface area contributed by atoms with Crippen LogP contribution >= 0.6 is 11.6 Å². The van der Waals surface area contributed by atoms with Crippen LogP contribution < -0.4 is 5.32 Å². The highest BCUT2D eigenvalue weighted by molar-refractivity contribution is 6.34. The van der Waals surface area contributed by atoms with E-state index in [0.717, 1.165) is 12.1 Å². The standard InChI is InChI=1S/C13H11ClF3NO3/c1-6(7(2)12(20)21)11(19)18-10-5-8(13(15,16)17)3-4-9(10)14/h3-5H,1-2H3,(H,18,19)(H,20,21). The highest BCUT2D eigenvalue weighted by Crippen LogP contribution is 2.33. The van der Waals surface area contributed by atoms with Gasteiger partial charge in [-0.2, -0.15) is 13.2 Å². The van der Waals surface area contributed by atoms with E-state index in [-0.39, 0.29) is 21.9 Å². The molecule has 1 aromatic carbocycles. The number of anilines is 1. The number of halogens is 4. The summed E-state index contributed by atoms with van der Waals surface area (Å²) in [4.78, 5) is 22.5. The summed E-state index contributed by atoms with van der Waals surface area (Å²) in [5, 5.41) is 10.8. The first-order valence-electron chi connectivity index (χ1n) is 5.63. The van der Waals surface area contributed by atoms with Gasteiger partial charge in [0.05, 0.1) is 16.3 Å². The van der Waals surface area contributed by atoms with Crippen LogP contribution in [-0.4, -0.2) is 17.0 Å². The van der Waals surface area contributed by atoms with Gasteiger partial charge in [0.25, 0.3) is 5.91 Å². The van der Waals surface area contributed by atoms with Crippen molar-refractivity contribution in [3.05, 3.63) is 39.9 Å². The Morgan fingerprint density at radius 3 is 2.24 bits per heavy atom. The quantitative estimate of drug-likeness (QED) is 0.834. The Morgan fingerprint density at radius 2 is 1.76 bits per heavy atom. The van der Waals surface area contributed by atoms with Crippen molar-refractivity contribution in [1.29, 1.82) is 0 Å². The van der Waals surface area contributed by atoms with Crippen molar-refractivity contribution >= 4 is 29.2 Å². The van der Waals surface area contributed by atoms with Gasteiger partial charge in [-0.3, -0.25) is 4.79 Å². The molecule has 8 heteroatoms. The fraction of sp³-hybridized carbons (Fsp3) is 0.231. The minimum Gasteiger partial charge on any atom is -0.478 e. The van der Waals surface area contributed by atoms with E-state index in [1.807, 2.05) is 0 Å². The molecule has 114 valence electrons. The molecule has 0 saturated heterocycles. The monoisotopic (exact) mass is 321 g/mol. The molecule has 0 aromatic heterocycles. The molecule has 1 aromatic rings. The highest BCUT2D eigenvalue weighted by Gasteiger charge is 2.31. The maximum Gasteiger partial charge on any atom is 0.416 e. The predicted octanol–water partition coefficient (Wildman–Crippen LogP) is 3.72. The van der Waals surface area contributed by atoms with E-state index in [4.69, 9.17) is 16.7 Å². The SMILES string of the molecule is CC(C(=O)O)=C(C)C(=O)Nc1cc(C(F)(F)F)ccc1Cl. The second kappa shape index (κ2) is 6.17. The Balaban J connectivity index is 3.11. The van der Waals surface area contributed by atoms with Gasteiger partial charge >= 0.3 is 12.1 Å². The topological polar surface area (TPSA) is 66.4 Å². The number of carbonyl (C=O) groups is 2.